The third kappa shape index (κ3) is 3.56. The van der Waals surface area contributed by atoms with E-state index in [9.17, 15) is 13.2 Å². The molecule has 8 heteroatoms. The molecule has 2 aromatic rings. The van der Waals surface area contributed by atoms with Crippen LogP contribution in [0.5, 0.6) is 11.6 Å². The summed E-state index contributed by atoms with van der Waals surface area (Å²) >= 11 is 0. The van der Waals surface area contributed by atoms with Gasteiger partial charge >= 0.3 is 6.18 Å². The molecular formula is C12H11F3N4O. The van der Waals surface area contributed by atoms with E-state index in [0.717, 1.165) is 6.07 Å². The Labute approximate surface area is 112 Å². The molecule has 0 fully saturated rings. The average molecular weight is 284 g/mol. The summed E-state index contributed by atoms with van der Waals surface area (Å²) < 4.78 is 43.5. The summed E-state index contributed by atoms with van der Waals surface area (Å²) in [4.78, 5) is 11.1. The summed E-state index contributed by atoms with van der Waals surface area (Å²) in [6.45, 7) is 2.12. The first kappa shape index (κ1) is 14.0. The molecule has 0 unspecified atom stereocenters. The highest BCUT2D eigenvalue weighted by atomic mass is 19.4. The van der Waals surface area contributed by atoms with E-state index >= 15 is 0 Å². The third-order valence-corrected chi connectivity index (χ3v) is 2.18. The van der Waals surface area contributed by atoms with Gasteiger partial charge in [0.2, 0.25) is 11.8 Å². The van der Waals surface area contributed by atoms with Crippen molar-refractivity contribution in [1.29, 1.82) is 0 Å². The van der Waals surface area contributed by atoms with E-state index in [0.29, 0.717) is 12.3 Å². The molecule has 106 valence electrons. The Bertz CT molecular complexity index is 575. The van der Waals surface area contributed by atoms with Crippen LogP contribution >= 0.6 is 0 Å². The fourth-order valence-electron chi connectivity index (χ4n) is 1.39. The quantitative estimate of drug-likeness (QED) is 0.934. The van der Waals surface area contributed by atoms with Crippen molar-refractivity contribution in [3.63, 3.8) is 0 Å². The van der Waals surface area contributed by atoms with Crippen LogP contribution in [0, 0.1) is 0 Å². The molecule has 0 bridgehead atoms. The Morgan fingerprint density at radius 3 is 2.70 bits per heavy atom. The number of aromatic nitrogens is 3. The Balaban J connectivity index is 2.34. The molecule has 20 heavy (non-hydrogen) atoms. The minimum absolute atomic E-state index is 0.138. The molecule has 0 spiro atoms. The molecule has 0 atom stereocenters. The number of hydrogen-bond acceptors (Lipinski definition) is 5. The van der Waals surface area contributed by atoms with Crippen LogP contribution in [-0.4, -0.2) is 21.5 Å². The molecule has 2 rings (SSSR count). The van der Waals surface area contributed by atoms with Crippen LogP contribution in [0.1, 0.15) is 12.6 Å². The van der Waals surface area contributed by atoms with Gasteiger partial charge in [-0.15, -0.1) is 0 Å². The van der Waals surface area contributed by atoms with Crippen LogP contribution in [0.2, 0.25) is 0 Å². The second kappa shape index (κ2) is 5.72. The summed E-state index contributed by atoms with van der Waals surface area (Å²) in [7, 11) is 0. The smallest absolute Gasteiger partial charge is 0.433 e. The minimum Gasteiger partial charge on any atom is -0.437 e. The molecular weight excluding hydrogens is 273 g/mol. The molecule has 0 aromatic carbocycles. The summed E-state index contributed by atoms with van der Waals surface area (Å²) in [5.74, 6) is -0.0423. The van der Waals surface area contributed by atoms with Gasteiger partial charge in [-0.2, -0.15) is 18.2 Å². The van der Waals surface area contributed by atoms with Crippen molar-refractivity contribution in [2.75, 3.05) is 11.9 Å². The number of rotatable bonds is 4. The fourth-order valence-corrected chi connectivity index (χ4v) is 1.39. The molecule has 0 radical (unpaired) electrons. The maximum Gasteiger partial charge on any atom is 0.433 e. The number of nitrogens with zero attached hydrogens (tertiary/aromatic N) is 3. The molecule has 0 aliphatic carbocycles. The number of nitrogens with one attached hydrogen (secondary N) is 1. The van der Waals surface area contributed by atoms with Gasteiger partial charge in [-0.25, -0.2) is 4.98 Å². The van der Waals surface area contributed by atoms with E-state index in [1.54, 1.807) is 19.1 Å². The van der Waals surface area contributed by atoms with E-state index in [2.05, 4.69) is 20.3 Å². The first-order chi connectivity index (χ1) is 9.49. The maximum atomic E-state index is 12.7. The third-order valence-electron chi connectivity index (χ3n) is 2.18. The van der Waals surface area contributed by atoms with Crippen molar-refractivity contribution in [3.05, 3.63) is 36.3 Å². The standard InChI is InChI=1S/C12H11F3N4O/c1-2-17-11-18-9(12(13,14)15)6-10(19-11)20-8-4-3-5-16-7-8/h3-7H,2H2,1H3,(H,17,18,19). The van der Waals surface area contributed by atoms with Crippen LogP contribution in [0.4, 0.5) is 19.1 Å². The normalized spacial score (nSPS) is 11.2. The molecule has 0 aliphatic rings. The van der Waals surface area contributed by atoms with Gasteiger partial charge in [0.15, 0.2) is 5.69 Å². The van der Waals surface area contributed by atoms with Gasteiger partial charge in [0.1, 0.15) is 5.75 Å². The Morgan fingerprint density at radius 1 is 1.30 bits per heavy atom. The van der Waals surface area contributed by atoms with Gasteiger partial charge in [0.25, 0.3) is 0 Å². The zero-order chi connectivity index (χ0) is 14.6. The lowest BCUT2D eigenvalue weighted by atomic mass is 10.4. The van der Waals surface area contributed by atoms with Crippen LogP contribution < -0.4 is 10.1 Å². The van der Waals surface area contributed by atoms with E-state index in [-0.39, 0.29) is 11.8 Å². The molecule has 0 amide bonds. The largest absolute Gasteiger partial charge is 0.437 e. The molecule has 0 saturated carbocycles. The number of alkyl halides is 3. The van der Waals surface area contributed by atoms with Crippen LogP contribution in [0.15, 0.2) is 30.6 Å². The van der Waals surface area contributed by atoms with E-state index in [4.69, 9.17) is 4.74 Å². The van der Waals surface area contributed by atoms with Gasteiger partial charge in [0, 0.05) is 18.8 Å². The van der Waals surface area contributed by atoms with Gasteiger partial charge in [-0.1, -0.05) is 0 Å². The van der Waals surface area contributed by atoms with Crippen molar-refractivity contribution < 1.29 is 17.9 Å². The Hall–Kier alpha value is -2.38. The number of hydrogen-bond donors (Lipinski definition) is 1. The fraction of sp³-hybridized carbons (Fsp3) is 0.250. The van der Waals surface area contributed by atoms with E-state index in [1.165, 1.54) is 12.4 Å². The number of halogens is 3. The number of anilines is 1. The predicted molar refractivity (Wildman–Crippen MR) is 65.5 cm³/mol. The lowest BCUT2D eigenvalue weighted by Crippen LogP contribution is -2.12. The van der Waals surface area contributed by atoms with Crippen molar-refractivity contribution in [2.24, 2.45) is 0 Å². The molecule has 2 heterocycles. The van der Waals surface area contributed by atoms with Gasteiger partial charge < -0.3 is 10.1 Å². The lowest BCUT2D eigenvalue weighted by Gasteiger charge is -2.11. The highest BCUT2D eigenvalue weighted by Crippen LogP contribution is 2.31. The highest BCUT2D eigenvalue weighted by molar-refractivity contribution is 5.34. The van der Waals surface area contributed by atoms with Crippen molar-refractivity contribution >= 4 is 5.95 Å². The van der Waals surface area contributed by atoms with Crippen LogP contribution in [0.25, 0.3) is 0 Å². The van der Waals surface area contributed by atoms with Crippen LogP contribution in [-0.2, 0) is 6.18 Å². The monoisotopic (exact) mass is 284 g/mol. The van der Waals surface area contributed by atoms with E-state index in [1.807, 2.05) is 0 Å². The number of ether oxygens (including phenoxy) is 1. The zero-order valence-corrected chi connectivity index (χ0v) is 10.5. The second-order valence-electron chi connectivity index (χ2n) is 3.73. The molecule has 2 aromatic heterocycles. The first-order valence-electron chi connectivity index (χ1n) is 5.77. The van der Waals surface area contributed by atoms with Gasteiger partial charge in [0.05, 0.1) is 6.20 Å². The van der Waals surface area contributed by atoms with E-state index < -0.39 is 11.9 Å². The van der Waals surface area contributed by atoms with Crippen molar-refractivity contribution in [3.8, 4) is 11.6 Å². The molecule has 0 saturated heterocycles. The average Bonchev–Trinajstić information content (AvgIpc) is 2.39. The second-order valence-corrected chi connectivity index (χ2v) is 3.73. The topological polar surface area (TPSA) is 59.9 Å². The predicted octanol–water partition coefficient (Wildman–Crippen LogP) is 3.11. The van der Waals surface area contributed by atoms with Crippen LogP contribution in [0.3, 0.4) is 0 Å². The SMILES string of the molecule is CCNc1nc(Oc2cccnc2)cc(C(F)(F)F)n1. The molecule has 0 aliphatic heterocycles. The molecule has 5 nitrogen and oxygen atoms in total. The summed E-state index contributed by atoms with van der Waals surface area (Å²) in [6.07, 6.45) is -1.67. The van der Waals surface area contributed by atoms with Crippen molar-refractivity contribution in [1.82, 2.24) is 15.0 Å². The highest BCUT2D eigenvalue weighted by Gasteiger charge is 2.34. The summed E-state index contributed by atoms with van der Waals surface area (Å²) in [6, 6.07) is 3.91. The molecule has 1 N–H and O–H groups in total. The summed E-state index contributed by atoms with van der Waals surface area (Å²) in [5, 5.41) is 2.63. The lowest BCUT2D eigenvalue weighted by molar-refractivity contribution is -0.141. The Kier molecular flexibility index (Phi) is 4.02. The number of pyridine rings is 1. The van der Waals surface area contributed by atoms with Gasteiger partial charge in [-0.05, 0) is 19.1 Å². The first-order valence-corrected chi connectivity index (χ1v) is 5.77. The van der Waals surface area contributed by atoms with Gasteiger partial charge in [-0.3, -0.25) is 4.98 Å². The minimum atomic E-state index is -4.57. The summed E-state index contributed by atoms with van der Waals surface area (Å²) in [5.41, 5.74) is -1.07. The maximum absolute atomic E-state index is 12.7. The Morgan fingerprint density at radius 2 is 2.10 bits per heavy atom. The zero-order valence-electron chi connectivity index (χ0n) is 10.5. The van der Waals surface area contributed by atoms with Crippen molar-refractivity contribution in [2.45, 2.75) is 13.1 Å².